The molecular formula is C68H101N3O25. The van der Waals surface area contributed by atoms with Gasteiger partial charge in [0.05, 0.1) is 101 Å². The number of unbranched alkanes of at least 4 members (excludes halogenated alkanes) is 1. The SMILES string of the molecule is COCCOCCOCCC(=O)NCCCCC(NC(=O)CCCOCCOCCOCC(=O)O[C@H](C(=O)OC1C[C@]2(O)[C@H](OC(=O)c3ccccc3)[C@]3(O)[C@](C)([C@H](O)C[C@@H]4OC[C@@]43OC(C)=O)[C@@H](O)[C@@H](O)C([C@H]1C)C2(C)C)[C@H](NC(=O)OC(C)(C)C)c1ccccc1)C(C)=O. The highest BCUT2D eigenvalue weighted by Crippen LogP contribution is 2.67. The molecule has 1 heterocycles. The molecule has 4 aliphatic rings. The van der Waals surface area contributed by atoms with Crippen LogP contribution in [0.25, 0.3) is 0 Å². The van der Waals surface area contributed by atoms with Gasteiger partial charge in [0.1, 0.15) is 36.1 Å². The van der Waals surface area contributed by atoms with Gasteiger partial charge >= 0.3 is 30.0 Å². The van der Waals surface area contributed by atoms with Crippen LogP contribution in [-0.4, -0.2) is 237 Å². The number of aliphatic hydroxyl groups is 5. The Kier molecular flexibility index (Phi) is 29.1. The number of carbonyl (C=O) groups is 8. The Morgan fingerprint density at radius 2 is 1.32 bits per heavy atom. The van der Waals surface area contributed by atoms with Gasteiger partial charge in [0, 0.05) is 64.2 Å². The molecule has 3 aliphatic carbocycles. The highest BCUT2D eigenvalue weighted by molar-refractivity contribution is 5.90. The van der Waals surface area contributed by atoms with Gasteiger partial charge in [-0.3, -0.25) is 19.2 Å². The number of amides is 3. The van der Waals surface area contributed by atoms with Crippen LogP contribution in [0, 0.1) is 22.7 Å². The number of nitrogens with one attached hydrogen (secondary N) is 3. The molecule has 3 saturated carbocycles. The van der Waals surface area contributed by atoms with Crippen LogP contribution in [0.5, 0.6) is 0 Å². The van der Waals surface area contributed by atoms with Crippen molar-refractivity contribution < 1.29 is 121 Å². The molecule has 28 nitrogen and oxygen atoms in total. The van der Waals surface area contributed by atoms with Crippen LogP contribution in [0.1, 0.15) is 136 Å². The van der Waals surface area contributed by atoms with Gasteiger partial charge in [-0.25, -0.2) is 19.2 Å². The fourth-order valence-electron chi connectivity index (χ4n) is 13.6. The summed E-state index contributed by atoms with van der Waals surface area (Å²) in [5.41, 5.74) is -13.0. The molecule has 2 aromatic carbocycles. The minimum Gasteiger partial charge on any atom is -0.459 e. The molecule has 6 rings (SSSR count). The summed E-state index contributed by atoms with van der Waals surface area (Å²) < 4.78 is 68.5. The smallest absolute Gasteiger partial charge is 0.408 e. The number of fused-ring (bicyclic) bond motifs is 5. The largest absolute Gasteiger partial charge is 0.459 e. The van der Waals surface area contributed by atoms with Crippen molar-refractivity contribution in [3.63, 3.8) is 0 Å². The lowest BCUT2D eigenvalue weighted by molar-refractivity contribution is -0.432. The summed E-state index contributed by atoms with van der Waals surface area (Å²) in [4.78, 5) is 108. The van der Waals surface area contributed by atoms with Gasteiger partial charge < -0.3 is 98.3 Å². The number of benzene rings is 2. The Balaban J connectivity index is 1.09. The molecular weight excluding hydrogens is 1260 g/mol. The number of ketones is 1. The predicted octanol–water partition coefficient (Wildman–Crippen LogP) is 2.91. The number of aliphatic hydroxyl groups excluding tert-OH is 3. The van der Waals surface area contributed by atoms with Crippen molar-refractivity contribution in [2.45, 2.75) is 191 Å². The normalized spacial score (nSPS) is 28.2. The molecule has 1 aliphatic heterocycles. The van der Waals surface area contributed by atoms with E-state index in [0.717, 1.165) is 6.92 Å². The number of hydrogen-bond acceptors (Lipinski definition) is 25. The molecule has 2 bridgehead atoms. The monoisotopic (exact) mass is 1360 g/mol. The molecule has 0 radical (unpaired) electrons. The molecule has 3 unspecified atom stereocenters. The lowest BCUT2D eigenvalue weighted by atomic mass is 9.40. The Morgan fingerprint density at radius 3 is 1.92 bits per heavy atom. The maximum atomic E-state index is 15.3. The first-order valence-corrected chi connectivity index (χ1v) is 32.8. The summed E-state index contributed by atoms with van der Waals surface area (Å²) in [6.07, 6.45) is -13.0. The van der Waals surface area contributed by atoms with Gasteiger partial charge in [-0.15, -0.1) is 0 Å². The summed E-state index contributed by atoms with van der Waals surface area (Å²) in [5, 5.41) is 73.7. The number of rotatable bonds is 37. The summed E-state index contributed by atoms with van der Waals surface area (Å²) in [7, 11) is 1.59. The van der Waals surface area contributed by atoms with Gasteiger partial charge in [-0.05, 0) is 77.0 Å². The molecule has 538 valence electrons. The molecule has 8 N–H and O–H groups in total. The van der Waals surface area contributed by atoms with Crippen molar-refractivity contribution in [3.8, 4) is 0 Å². The Hall–Kier alpha value is -6.28. The zero-order chi connectivity index (χ0) is 70.7. The second kappa shape index (κ2) is 35.5. The number of ether oxygens (including phenoxy) is 12. The first-order chi connectivity index (χ1) is 45.4. The van der Waals surface area contributed by atoms with Crippen LogP contribution in [0.2, 0.25) is 0 Å². The van der Waals surface area contributed by atoms with Crippen molar-refractivity contribution in [1.29, 1.82) is 0 Å². The Bertz CT molecular complexity index is 2880. The summed E-state index contributed by atoms with van der Waals surface area (Å²) in [5.74, 6) is -7.52. The van der Waals surface area contributed by atoms with Crippen molar-refractivity contribution in [1.82, 2.24) is 16.0 Å². The van der Waals surface area contributed by atoms with Gasteiger partial charge in [0.15, 0.2) is 23.1 Å². The Morgan fingerprint density at radius 1 is 0.719 bits per heavy atom. The zero-order valence-electron chi connectivity index (χ0n) is 56.9. The van der Waals surface area contributed by atoms with E-state index in [9.17, 15) is 59.1 Å². The third-order valence-corrected chi connectivity index (χ3v) is 18.8. The third kappa shape index (κ3) is 19.1. The standard InChI is InChI=1S/C68H101N3O25/c1-42-48(39-66(83)61(94-59(80)46-22-15-12-16-23-46)68(84)65(9,58(79)56(78)54(42)64(66,7)8)49(74)38-50-67(68,41-91-50)95-44(3)73)92-60(81)57(55(45-20-13-11-14-21-45)71-62(82)96-63(4,5)6)93-53(77)40-90-37-36-89-34-32-86-28-19-25-52(76)70-47(43(2)72)24-17-18-27-69-51(75)26-29-87-33-35-88-31-30-85-10/h11-16,20-23,42,47-50,54-58,61,74,78-79,83-84H,17-19,24-41H2,1-10H3,(H,69,75)(H,70,76)(H,71,82)/t42-,47?,48?,49+,50-,54?,55+,56-,57-,58-,61-,65+,66-,67+,68-/m0/s1. The van der Waals surface area contributed by atoms with Crippen molar-refractivity contribution in [2.75, 3.05) is 92.9 Å². The zero-order valence-corrected chi connectivity index (χ0v) is 56.9. The quantitative estimate of drug-likeness (QED) is 0.0274. The second-order valence-corrected chi connectivity index (χ2v) is 26.8. The number of alkyl carbamates (subject to hydrolysis) is 1. The maximum Gasteiger partial charge on any atom is 0.408 e. The third-order valence-electron chi connectivity index (χ3n) is 18.8. The summed E-state index contributed by atoms with van der Waals surface area (Å²) in [6, 6.07) is 13.3. The highest BCUT2D eigenvalue weighted by atomic mass is 16.7. The highest BCUT2D eigenvalue weighted by Gasteiger charge is 2.86. The lowest BCUT2D eigenvalue weighted by Crippen LogP contribution is -2.92. The fraction of sp³-hybridized carbons (Fsp3) is 0.706. The average Bonchev–Trinajstić information content (AvgIpc) is 0.653. The van der Waals surface area contributed by atoms with Crippen LogP contribution in [0.4, 0.5) is 4.79 Å². The molecule has 1 saturated heterocycles. The van der Waals surface area contributed by atoms with Crippen LogP contribution < -0.4 is 16.0 Å². The van der Waals surface area contributed by atoms with E-state index in [1.807, 2.05) is 0 Å². The van der Waals surface area contributed by atoms with Crippen LogP contribution in [0.15, 0.2) is 60.7 Å². The molecule has 4 fully saturated rings. The molecule has 96 heavy (non-hydrogen) atoms. The lowest BCUT2D eigenvalue weighted by Gasteiger charge is -2.73. The first-order valence-electron chi connectivity index (χ1n) is 32.8. The predicted molar refractivity (Wildman–Crippen MR) is 339 cm³/mol. The van der Waals surface area contributed by atoms with Crippen LogP contribution in [-0.2, 0) is 85.6 Å². The van der Waals surface area contributed by atoms with Gasteiger partial charge in [-0.2, -0.15) is 0 Å². The van der Waals surface area contributed by atoms with Crippen molar-refractivity contribution in [2.24, 2.45) is 22.7 Å². The molecule has 15 atom stereocenters. The molecule has 2 aromatic rings. The first kappa shape index (κ1) is 78.7. The molecule has 0 aromatic heterocycles. The van der Waals surface area contributed by atoms with Crippen molar-refractivity contribution >= 4 is 47.6 Å². The van der Waals surface area contributed by atoms with Crippen molar-refractivity contribution in [3.05, 3.63) is 71.8 Å². The average molecular weight is 1360 g/mol. The van der Waals surface area contributed by atoms with Gasteiger partial charge in [0.25, 0.3) is 0 Å². The maximum absolute atomic E-state index is 15.3. The number of Topliss-reactive ketones (excluding diaryl/α,β-unsaturated/α-hetero) is 1. The summed E-state index contributed by atoms with van der Waals surface area (Å²) >= 11 is 0. The van der Waals surface area contributed by atoms with Crippen LogP contribution >= 0.6 is 0 Å². The topological polar surface area (TPSA) is 385 Å². The van der Waals surface area contributed by atoms with E-state index in [4.69, 9.17) is 56.8 Å². The molecule has 28 heteroatoms. The van der Waals surface area contributed by atoms with E-state index in [1.54, 1.807) is 71.2 Å². The van der Waals surface area contributed by atoms with Gasteiger partial charge in [-0.1, -0.05) is 76.2 Å². The number of esters is 4. The minimum atomic E-state index is -3.02. The number of methoxy groups -OCH3 is 1. The van der Waals surface area contributed by atoms with Crippen LogP contribution in [0.3, 0.4) is 0 Å². The molecule has 0 spiro atoms. The number of hydrogen-bond donors (Lipinski definition) is 8. The number of carbonyl (C=O) groups excluding carboxylic acids is 8. The van der Waals surface area contributed by atoms with E-state index in [-0.39, 0.29) is 87.6 Å². The fourth-order valence-corrected chi connectivity index (χ4v) is 13.6. The van der Waals surface area contributed by atoms with E-state index >= 15 is 4.79 Å². The van der Waals surface area contributed by atoms with Gasteiger partial charge in [0.2, 0.25) is 17.9 Å². The second-order valence-electron chi connectivity index (χ2n) is 26.8. The summed E-state index contributed by atoms with van der Waals surface area (Å²) in [6.45, 7) is 14.5. The minimum absolute atomic E-state index is 0.0251. The van der Waals surface area contributed by atoms with E-state index < -0.39 is 149 Å². The molecule has 3 amide bonds. The van der Waals surface area contributed by atoms with E-state index in [2.05, 4.69) is 16.0 Å². The van der Waals surface area contributed by atoms with E-state index in [1.165, 1.54) is 52.0 Å². The van der Waals surface area contributed by atoms with E-state index in [0.29, 0.717) is 58.7 Å². The Labute approximate surface area is 560 Å².